The number of nitrogens with zero attached hydrogens (tertiary/aromatic N) is 7. The van der Waals surface area contributed by atoms with E-state index in [1.54, 1.807) is 11.1 Å². The SMILES string of the molecule is COC(=O)C[C@@H](CCOC(F)F)C(=O)N1CC2(CC2)C[C@H]1c1ncc(-c2ccc3cc(-c4ccc(C5=CN=C([C@@H]6[C@H]7CC[C@H](C7)N6C(=O)[C@@H](NC(=O)OC)C(C)C)C5)cc4)ccc3c2)[nH]1.COC(=O)N[C@@H](CCOC(F)F)C(C)=O.COC(=O)N[C@H](C(=O)N1[C@@H]2CC[C@@H](C2)[C@H]1C1=NC=C(c2ccc(-c3ccc4cc(-c5cnc([C@H]6CCC7(CC7)C6)[nH]5)ccc4c3)cc2)C1)C(C)C.Cl.Cl.Cl.Cl. The number of piperidine rings is 2. The van der Waals surface area contributed by atoms with Crippen molar-refractivity contribution in [3.05, 3.63) is 169 Å². The largest absolute Gasteiger partial charge is 0.469 e. The first-order chi connectivity index (χ1) is 63.1. The second-order valence-corrected chi connectivity index (χ2v) is 37.8. The number of amides is 6. The van der Waals surface area contributed by atoms with Crippen LogP contribution in [-0.4, -0.2) is 198 Å². The lowest BCUT2D eigenvalue weighted by molar-refractivity contribution is -0.151. The zero-order valence-corrected chi connectivity index (χ0v) is 80.4. The molecule has 7 heterocycles. The summed E-state index contributed by atoms with van der Waals surface area (Å²) in [6.07, 6.45) is 22.5. The molecule has 135 heavy (non-hydrogen) atoms. The van der Waals surface area contributed by atoms with Crippen LogP contribution in [0.3, 0.4) is 0 Å². The molecule has 2 aromatic heterocycles. The number of likely N-dealkylation sites (tertiary alicyclic amines) is 3. The first-order valence-corrected chi connectivity index (χ1v) is 45.8. The fourth-order valence-corrected chi connectivity index (χ4v) is 21.2. The van der Waals surface area contributed by atoms with Gasteiger partial charge in [-0.3, -0.25) is 34.0 Å². The maximum Gasteiger partial charge on any atom is 0.407 e. The molecule has 4 bridgehead atoms. The van der Waals surface area contributed by atoms with Gasteiger partial charge < -0.3 is 69.0 Å². The van der Waals surface area contributed by atoms with Gasteiger partial charge >= 0.3 is 37.5 Å². The Bertz CT molecular complexity index is 5750. The highest BCUT2D eigenvalue weighted by atomic mass is 35.5. The van der Waals surface area contributed by atoms with Crippen LogP contribution >= 0.6 is 49.6 Å². The van der Waals surface area contributed by atoms with Crippen molar-refractivity contribution in [2.45, 2.75) is 224 Å². The number of nitrogens with one attached hydrogen (secondary N) is 5. The quantitative estimate of drug-likeness (QED) is 0.0165. The summed E-state index contributed by atoms with van der Waals surface area (Å²) in [6.45, 7) is 3.05. The van der Waals surface area contributed by atoms with Gasteiger partial charge in [0, 0.05) is 72.3 Å². The molecule has 10 aliphatic rings. The van der Waals surface area contributed by atoms with E-state index in [0.29, 0.717) is 42.0 Å². The number of aromatic nitrogens is 4. The molecule has 3 saturated heterocycles. The van der Waals surface area contributed by atoms with E-state index in [4.69, 9.17) is 34.2 Å². The third-order valence-electron chi connectivity index (χ3n) is 28.8. The Hall–Kier alpha value is -10.8. The van der Waals surface area contributed by atoms with E-state index in [2.05, 4.69) is 161 Å². The molecule has 0 radical (unpaired) electrons. The fourth-order valence-electron chi connectivity index (χ4n) is 21.2. The number of alkyl carbamates (subject to hydrolysis) is 3. The van der Waals surface area contributed by atoms with Gasteiger partial charge in [0.05, 0.1) is 102 Å². The van der Waals surface area contributed by atoms with Crippen LogP contribution in [0.1, 0.15) is 191 Å². The summed E-state index contributed by atoms with van der Waals surface area (Å²) >= 11 is 0. The number of hydrogen-bond acceptors (Lipinski definition) is 18. The molecule has 6 amide bonds. The van der Waals surface area contributed by atoms with Gasteiger partial charge in [-0.1, -0.05) is 125 Å². The molecule has 26 nitrogen and oxygen atoms in total. The molecule has 8 fully saturated rings. The van der Waals surface area contributed by atoms with Gasteiger partial charge in [-0.25, -0.2) is 24.4 Å². The van der Waals surface area contributed by atoms with Gasteiger partial charge in [0.2, 0.25) is 17.7 Å². The van der Waals surface area contributed by atoms with E-state index in [-0.39, 0.29) is 153 Å². The Labute approximate surface area is 807 Å². The van der Waals surface area contributed by atoms with Crippen molar-refractivity contribution >= 4 is 141 Å². The van der Waals surface area contributed by atoms with E-state index < -0.39 is 61.5 Å². The van der Waals surface area contributed by atoms with Crippen LogP contribution in [0, 0.1) is 40.4 Å². The number of allylic oxidation sites excluding steroid dienone is 2. The van der Waals surface area contributed by atoms with E-state index in [0.717, 1.165) is 144 Å². The second kappa shape index (κ2) is 44.6. The molecule has 0 unspecified atom stereocenters. The first-order valence-electron chi connectivity index (χ1n) is 45.8. The number of hydrogen-bond donors (Lipinski definition) is 5. The van der Waals surface area contributed by atoms with Crippen LogP contribution in [0.4, 0.5) is 31.9 Å². The lowest BCUT2D eigenvalue weighted by Gasteiger charge is -2.38. The van der Waals surface area contributed by atoms with Crippen LogP contribution in [0.15, 0.2) is 156 Å². The number of fused-ring (bicyclic) bond motifs is 6. The number of benzene rings is 6. The Kier molecular flexibility index (Phi) is 34.1. The third kappa shape index (κ3) is 23.4. The number of rotatable bonds is 29. The molecule has 12 atom stereocenters. The number of methoxy groups -OCH3 is 4. The van der Waals surface area contributed by atoms with Gasteiger partial charge in [0.25, 0.3) is 0 Å². The predicted molar refractivity (Wildman–Crippen MR) is 517 cm³/mol. The normalized spacial score (nSPS) is 21.8. The highest BCUT2D eigenvalue weighted by Gasteiger charge is 2.57. The minimum atomic E-state index is -2.96. The monoisotopic (exact) mass is 1940 g/mol. The Morgan fingerprint density at radius 3 is 1.31 bits per heavy atom. The topological polar surface area (TPSA) is 320 Å². The van der Waals surface area contributed by atoms with Crippen LogP contribution in [0.25, 0.3) is 77.5 Å². The summed E-state index contributed by atoms with van der Waals surface area (Å²) in [7, 11) is 5.02. The van der Waals surface area contributed by atoms with Gasteiger partial charge in [0.15, 0.2) is 5.78 Å². The zero-order valence-electron chi connectivity index (χ0n) is 77.1. The van der Waals surface area contributed by atoms with Gasteiger partial charge in [-0.15, -0.1) is 49.6 Å². The maximum absolute atomic E-state index is 14.0. The molecule has 34 heteroatoms. The number of alkyl halides is 4. The second-order valence-electron chi connectivity index (χ2n) is 37.8. The third-order valence-corrected chi connectivity index (χ3v) is 28.8. The number of carbonyl (C=O) groups is 8. The van der Waals surface area contributed by atoms with Gasteiger partial charge in [0.1, 0.15) is 23.7 Å². The van der Waals surface area contributed by atoms with Gasteiger partial charge in [-0.2, -0.15) is 17.6 Å². The van der Waals surface area contributed by atoms with Crippen molar-refractivity contribution in [2.24, 2.45) is 50.4 Å². The number of carbonyl (C=O) groups excluding carboxylic acids is 8. The van der Waals surface area contributed by atoms with Crippen molar-refractivity contribution in [2.75, 3.05) is 48.2 Å². The Morgan fingerprint density at radius 2 is 0.889 bits per heavy atom. The Morgan fingerprint density at radius 1 is 0.474 bits per heavy atom. The maximum atomic E-state index is 14.0. The number of ether oxygens (including phenoxy) is 6. The smallest absolute Gasteiger partial charge is 0.407 e. The number of Topliss-reactive ketones (excluding diaryl/α,β-unsaturated/α-hetero) is 1. The number of H-pyrrole nitrogens is 2. The molecule has 8 aromatic rings. The van der Waals surface area contributed by atoms with Crippen molar-refractivity contribution < 1.29 is 84.3 Å². The lowest BCUT2D eigenvalue weighted by atomic mass is 9.89. The van der Waals surface area contributed by atoms with Crippen LogP contribution in [0.5, 0.6) is 0 Å². The number of ketones is 1. The number of imidazole rings is 2. The average Bonchev–Trinajstić information content (AvgIpc) is 1.59. The summed E-state index contributed by atoms with van der Waals surface area (Å²) in [5.74, 6) is 0.861. The summed E-state index contributed by atoms with van der Waals surface area (Å²) in [4.78, 5) is 132. The van der Waals surface area contributed by atoms with Crippen LogP contribution < -0.4 is 16.0 Å². The summed E-state index contributed by atoms with van der Waals surface area (Å²) < 4.78 is 75.9. The minimum Gasteiger partial charge on any atom is -0.469 e. The molecule has 5 aliphatic carbocycles. The molecule has 724 valence electrons. The van der Waals surface area contributed by atoms with E-state index >= 15 is 0 Å². The summed E-state index contributed by atoms with van der Waals surface area (Å²) in [5.41, 5.74) is 15.8. The summed E-state index contributed by atoms with van der Waals surface area (Å²) in [5, 5.41) is 12.3. The molecule has 6 aromatic carbocycles. The fraction of sp³-hybridized carbons (Fsp3) is 0.485. The van der Waals surface area contributed by atoms with Gasteiger partial charge in [-0.05, 0) is 234 Å². The zero-order chi connectivity index (χ0) is 92.3. The van der Waals surface area contributed by atoms with E-state index in [1.165, 1.54) is 93.4 Å². The van der Waals surface area contributed by atoms with Crippen LogP contribution in [-0.2, 0) is 52.4 Å². The molecule has 18 rings (SSSR count). The van der Waals surface area contributed by atoms with Crippen molar-refractivity contribution in [3.63, 3.8) is 0 Å². The number of halogens is 8. The van der Waals surface area contributed by atoms with E-state index in [1.807, 2.05) is 56.1 Å². The predicted octanol–water partition coefficient (Wildman–Crippen LogP) is 20.2. The summed E-state index contributed by atoms with van der Waals surface area (Å²) in [6, 6.07) is 41.1. The van der Waals surface area contributed by atoms with Crippen molar-refractivity contribution in [1.29, 1.82) is 0 Å². The Balaban J connectivity index is 0.000000209. The number of esters is 1. The lowest BCUT2D eigenvalue weighted by Crippen LogP contribution is -2.57. The van der Waals surface area contributed by atoms with Crippen LogP contribution in [0.2, 0.25) is 0 Å². The average molecular weight is 1940 g/mol. The van der Waals surface area contributed by atoms with Crippen molar-refractivity contribution in [1.82, 2.24) is 50.6 Å². The molecule has 5 N–H and O–H groups in total. The minimum absolute atomic E-state index is 0. The first kappa shape index (κ1) is 103. The standard InChI is InChI=1S/C50H56F2N6O7.C43H47N5O3.C8H13F2NO4.4ClH/c1-28(2)43(56-49(62)64-4)47(61)58-38-14-13-35(21-38)44(58)39-22-37(25-53-39)30-7-5-29(6-8-30)31-9-10-33-20-34(12-11-32(33)19-31)40-26-54-45(55-40)41-24-50(16-17-50)27-57(41)46(60)36(23-42(59)63-3)15-18-65-48(51)52;1-25(2)38(47-42(50)51-3)41(49)48-35-13-12-32(20-35)39(48)36-21-34(23-44-36)27-6-4-26(5-7-27)28-8-9-30-19-31(11-10-29(30)18-28)37-24-45-40(46-37)33-14-15-43(22-33)16-17-43;1-5(12)6(11-8(13)14-2)3-4-15-7(9)10;;;;/h5-12,19-20,25-26,28,35-36,38,41,43-44,48H,13-18,21-24,27H2,1-4H3,(H,54,55)(H,56,62);4-11,18-19,23-25,32-33,35,38-39H,12-17,20-22H2,1-3H3,(H,45,46)(H,47,50);6-7H,3-4H2,1-2H3,(H,11,13);4*1H/t35-,36+,38+,41-,43-,44-;32-,33-,35+,38-,39-;6-;;;;/m000..../s1. The molecular weight excluding hydrogens is 1820 g/mol. The molecular formula is C101H120Cl4F4N12O14. The highest BCUT2D eigenvalue weighted by molar-refractivity contribution is 6.06. The molecule has 5 aliphatic heterocycles. The number of aliphatic imine (C=N–C) groups is 2. The highest BCUT2D eigenvalue weighted by Crippen LogP contribution is 2.62. The molecule has 2 spiro atoms. The van der Waals surface area contributed by atoms with Crippen molar-refractivity contribution in [3.8, 4) is 44.8 Å². The number of aromatic amines is 2. The van der Waals surface area contributed by atoms with E-state index in [9.17, 15) is 55.9 Å². The molecule has 5 saturated carbocycles.